The molecule has 1 unspecified atom stereocenters. The molecule has 0 amide bonds. The molecular formula is C12H15ClO2. The lowest BCUT2D eigenvalue weighted by molar-refractivity contribution is 0.0679. The lowest BCUT2D eigenvalue weighted by atomic mass is 10.2. The van der Waals surface area contributed by atoms with E-state index in [1.54, 1.807) is 0 Å². The zero-order valence-electron chi connectivity index (χ0n) is 8.62. The van der Waals surface area contributed by atoms with Gasteiger partial charge in [-0.3, -0.25) is 0 Å². The summed E-state index contributed by atoms with van der Waals surface area (Å²) in [4.78, 5) is 0. The minimum atomic E-state index is 0.268. The van der Waals surface area contributed by atoms with Crippen molar-refractivity contribution in [2.45, 2.75) is 24.8 Å². The average molecular weight is 227 g/mol. The summed E-state index contributed by atoms with van der Waals surface area (Å²) >= 11 is 5.75. The molecule has 1 aromatic carbocycles. The van der Waals surface area contributed by atoms with Gasteiger partial charge in [0.2, 0.25) is 0 Å². The molecule has 3 heteroatoms. The normalized spacial score (nSPS) is 20.5. The molecule has 0 radical (unpaired) electrons. The molecule has 0 aromatic heterocycles. The molecule has 15 heavy (non-hydrogen) atoms. The third kappa shape index (κ3) is 3.11. The lowest BCUT2D eigenvalue weighted by Crippen LogP contribution is -2.16. The Labute approximate surface area is 95.1 Å². The second kappa shape index (κ2) is 5.38. The maximum absolute atomic E-state index is 5.75. The second-order valence-electron chi connectivity index (χ2n) is 3.73. The summed E-state index contributed by atoms with van der Waals surface area (Å²) < 4.78 is 11.1. The second-order valence-corrected chi connectivity index (χ2v) is 3.99. The molecule has 0 spiro atoms. The molecule has 1 aliphatic heterocycles. The van der Waals surface area contributed by atoms with Gasteiger partial charge in [-0.1, -0.05) is 12.1 Å². The molecule has 0 saturated carbocycles. The fourth-order valence-electron chi connectivity index (χ4n) is 1.68. The van der Waals surface area contributed by atoms with Crippen molar-refractivity contribution in [3.05, 3.63) is 29.8 Å². The van der Waals surface area contributed by atoms with Crippen LogP contribution in [0.5, 0.6) is 5.75 Å². The van der Waals surface area contributed by atoms with E-state index in [1.165, 1.54) is 0 Å². The van der Waals surface area contributed by atoms with Crippen LogP contribution in [0.2, 0.25) is 0 Å². The van der Waals surface area contributed by atoms with Crippen LogP contribution in [-0.4, -0.2) is 19.3 Å². The summed E-state index contributed by atoms with van der Waals surface area (Å²) in [6.07, 6.45) is 2.52. The molecule has 1 heterocycles. The van der Waals surface area contributed by atoms with E-state index >= 15 is 0 Å². The van der Waals surface area contributed by atoms with E-state index in [-0.39, 0.29) is 6.10 Å². The molecule has 2 rings (SSSR count). The summed E-state index contributed by atoms with van der Waals surface area (Å²) in [6.45, 7) is 1.52. The molecule has 1 aliphatic rings. The van der Waals surface area contributed by atoms with Crippen LogP contribution in [0.3, 0.4) is 0 Å². The van der Waals surface area contributed by atoms with Crippen LogP contribution >= 0.6 is 11.6 Å². The van der Waals surface area contributed by atoms with Crippen LogP contribution in [0.25, 0.3) is 0 Å². The summed E-state index contributed by atoms with van der Waals surface area (Å²) in [5.41, 5.74) is 1.08. The van der Waals surface area contributed by atoms with Gasteiger partial charge in [0.05, 0.1) is 6.10 Å². The summed E-state index contributed by atoms with van der Waals surface area (Å²) in [6, 6.07) is 7.88. The Morgan fingerprint density at radius 1 is 1.47 bits per heavy atom. The molecule has 1 atom stereocenters. The van der Waals surface area contributed by atoms with Gasteiger partial charge >= 0.3 is 0 Å². The van der Waals surface area contributed by atoms with Crippen molar-refractivity contribution in [3.8, 4) is 5.75 Å². The lowest BCUT2D eigenvalue weighted by Gasteiger charge is -2.11. The predicted octanol–water partition coefficient (Wildman–Crippen LogP) is 2.98. The van der Waals surface area contributed by atoms with Gasteiger partial charge in [-0.25, -0.2) is 0 Å². The Hall–Kier alpha value is -0.730. The first-order chi connectivity index (χ1) is 7.38. The van der Waals surface area contributed by atoms with E-state index in [0.717, 1.165) is 30.8 Å². The highest BCUT2D eigenvalue weighted by molar-refractivity contribution is 6.17. The van der Waals surface area contributed by atoms with Crippen molar-refractivity contribution >= 4 is 11.6 Å². The van der Waals surface area contributed by atoms with Crippen LogP contribution < -0.4 is 4.74 Å². The Morgan fingerprint density at radius 2 is 2.40 bits per heavy atom. The van der Waals surface area contributed by atoms with Crippen LogP contribution in [0.15, 0.2) is 24.3 Å². The molecule has 0 bridgehead atoms. The minimum absolute atomic E-state index is 0.268. The third-order valence-corrected chi connectivity index (χ3v) is 2.82. The van der Waals surface area contributed by atoms with Crippen LogP contribution in [0, 0.1) is 0 Å². The predicted molar refractivity (Wildman–Crippen MR) is 60.5 cm³/mol. The van der Waals surface area contributed by atoms with Gasteiger partial charge in [-0.05, 0) is 30.5 Å². The van der Waals surface area contributed by atoms with Gasteiger partial charge in [0.25, 0.3) is 0 Å². The largest absolute Gasteiger partial charge is 0.491 e. The van der Waals surface area contributed by atoms with Gasteiger partial charge in [0.15, 0.2) is 0 Å². The van der Waals surface area contributed by atoms with E-state index in [0.29, 0.717) is 12.5 Å². The fraction of sp³-hybridized carbons (Fsp3) is 0.500. The molecule has 0 aliphatic carbocycles. The third-order valence-electron chi connectivity index (χ3n) is 2.51. The smallest absolute Gasteiger partial charge is 0.119 e. The quantitative estimate of drug-likeness (QED) is 0.735. The highest BCUT2D eigenvalue weighted by Gasteiger charge is 2.15. The van der Waals surface area contributed by atoms with Crippen LogP contribution in [-0.2, 0) is 10.6 Å². The van der Waals surface area contributed by atoms with E-state index in [1.807, 2.05) is 24.3 Å². The van der Waals surface area contributed by atoms with Gasteiger partial charge in [0, 0.05) is 12.5 Å². The maximum Gasteiger partial charge on any atom is 0.119 e. The van der Waals surface area contributed by atoms with Gasteiger partial charge < -0.3 is 9.47 Å². The summed E-state index contributed by atoms with van der Waals surface area (Å²) in [5, 5.41) is 0. The highest BCUT2D eigenvalue weighted by atomic mass is 35.5. The Kier molecular flexibility index (Phi) is 3.87. The number of halogens is 1. The van der Waals surface area contributed by atoms with Crippen molar-refractivity contribution in [2.24, 2.45) is 0 Å². The SMILES string of the molecule is ClCc1cccc(OCC2CCCO2)c1. The van der Waals surface area contributed by atoms with Gasteiger partial charge in [-0.2, -0.15) is 0 Å². The van der Waals surface area contributed by atoms with Crippen molar-refractivity contribution in [1.82, 2.24) is 0 Å². The molecule has 2 nitrogen and oxygen atoms in total. The summed E-state index contributed by atoms with van der Waals surface area (Å²) in [5.74, 6) is 1.40. The molecule has 0 N–H and O–H groups in total. The van der Waals surface area contributed by atoms with E-state index < -0.39 is 0 Å². The molecule has 1 aromatic rings. The first-order valence-corrected chi connectivity index (χ1v) is 5.81. The van der Waals surface area contributed by atoms with E-state index in [2.05, 4.69) is 0 Å². The summed E-state index contributed by atoms with van der Waals surface area (Å²) in [7, 11) is 0. The number of alkyl halides is 1. The molecule has 1 fully saturated rings. The first kappa shape index (κ1) is 10.8. The number of benzene rings is 1. The van der Waals surface area contributed by atoms with Gasteiger partial charge in [0.1, 0.15) is 12.4 Å². The van der Waals surface area contributed by atoms with Crippen molar-refractivity contribution in [2.75, 3.05) is 13.2 Å². The number of hydrogen-bond donors (Lipinski definition) is 0. The maximum atomic E-state index is 5.75. The minimum Gasteiger partial charge on any atom is -0.491 e. The number of rotatable bonds is 4. The number of hydrogen-bond acceptors (Lipinski definition) is 2. The van der Waals surface area contributed by atoms with E-state index in [9.17, 15) is 0 Å². The Bertz CT molecular complexity index is 308. The monoisotopic (exact) mass is 226 g/mol. The van der Waals surface area contributed by atoms with Crippen LogP contribution in [0.4, 0.5) is 0 Å². The van der Waals surface area contributed by atoms with Crippen molar-refractivity contribution in [1.29, 1.82) is 0 Å². The van der Waals surface area contributed by atoms with E-state index in [4.69, 9.17) is 21.1 Å². The van der Waals surface area contributed by atoms with Gasteiger partial charge in [-0.15, -0.1) is 11.6 Å². The fourth-order valence-corrected chi connectivity index (χ4v) is 1.85. The average Bonchev–Trinajstić information content (AvgIpc) is 2.79. The number of ether oxygens (including phenoxy) is 2. The molecule has 82 valence electrons. The highest BCUT2D eigenvalue weighted by Crippen LogP contribution is 2.17. The Balaban J connectivity index is 1.86. The molecule has 1 saturated heterocycles. The first-order valence-electron chi connectivity index (χ1n) is 5.28. The topological polar surface area (TPSA) is 18.5 Å². The zero-order valence-corrected chi connectivity index (χ0v) is 9.37. The Morgan fingerprint density at radius 3 is 3.13 bits per heavy atom. The van der Waals surface area contributed by atoms with Crippen LogP contribution in [0.1, 0.15) is 18.4 Å². The van der Waals surface area contributed by atoms with Crippen molar-refractivity contribution in [3.63, 3.8) is 0 Å². The zero-order chi connectivity index (χ0) is 10.5. The molecular weight excluding hydrogens is 212 g/mol. The standard InChI is InChI=1S/C12H15ClO2/c13-8-10-3-1-4-11(7-10)15-9-12-5-2-6-14-12/h1,3-4,7,12H,2,5-6,8-9H2. The van der Waals surface area contributed by atoms with Crippen molar-refractivity contribution < 1.29 is 9.47 Å².